The summed E-state index contributed by atoms with van der Waals surface area (Å²) in [5, 5.41) is 6.98. The van der Waals surface area contributed by atoms with Crippen LogP contribution in [0.25, 0.3) is 11.3 Å². The first-order chi connectivity index (χ1) is 14.4. The maximum absolute atomic E-state index is 12.6. The van der Waals surface area contributed by atoms with Gasteiger partial charge in [0.2, 0.25) is 5.91 Å². The molecule has 2 heterocycles. The van der Waals surface area contributed by atoms with Gasteiger partial charge in [0, 0.05) is 30.9 Å². The maximum atomic E-state index is 12.6. The summed E-state index contributed by atoms with van der Waals surface area (Å²) >= 11 is 0. The van der Waals surface area contributed by atoms with Crippen LogP contribution < -0.4 is 10.2 Å². The van der Waals surface area contributed by atoms with Gasteiger partial charge in [-0.2, -0.15) is 0 Å². The van der Waals surface area contributed by atoms with Gasteiger partial charge < -0.3 is 14.7 Å². The number of aromatic nitrogens is 1. The largest absolute Gasteiger partial charge is 0.374 e. The van der Waals surface area contributed by atoms with Crippen molar-refractivity contribution >= 4 is 28.7 Å². The summed E-state index contributed by atoms with van der Waals surface area (Å²) in [5.74, 6) is 0.634. The van der Waals surface area contributed by atoms with Crippen molar-refractivity contribution in [2.24, 2.45) is 4.99 Å². The molecule has 0 radical (unpaired) electrons. The molecule has 1 N–H and O–H groups in total. The molecule has 154 valence electrons. The Morgan fingerprint density at radius 1 is 1.13 bits per heavy atom. The SMILES string of the molecule is CCCN(C)c1cc2c(cc1C)NC(=O)CC(c1cccc(-c3cc(C)no3)c1)=N2. The highest BCUT2D eigenvalue weighted by Crippen LogP contribution is 2.36. The van der Waals surface area contributed by atoms with E-state index in [4.69, 9.17) is 9.52 Å². The van der Waals surface area contributed by atoms with Gasteiger partial charge in [-0.05, 0) is 49.6 Å². The van der Waals surface area contributed by atoms with E-state index in [9.17, 15) is 4.79 Å². The normalized spacial score (nSPS) is 13.3. The summed E-state index contributed by atoms with van der Waals surface area (Å²) in [6, 6.07) is 13.9. The Kier molecular flexibility index (Phi) is 5.40. The zero-order chi connectivity index (χ0) is 21.3. The van der Waals surface area contributed by atoms with E-state index in [-0.39, 0.29) is 12.3 Å². The molecule has 1 amide bonds. The van der Waals surface area contributed by atoms with Crippen LogP contribution in [-0.4, -0.2) is 30.4 Å². The van der Waals surface area contributed by atoms with Gasteiger partial charge in [0.25, 0.3) is 0 Å². The highest BCUT2D eigenvalue weighted by molar-refractivity contribution is 6.17. The first-order valence-corrected chi connectivity index (χ1v) is 10.2. The van der Waals surface area contributed by atoms with Crippen LogP contribution in [0.2, 0.25) is 0 Å². The fourth-order valence-corrected chi connectivity index (χ4v) is 3.79. The van der Waals surface area contributed by atoms with Gasteiger partial charge in [-0.15, -0.1) is 0 Å². The van der Waals surface area contributed by atoms with Crippen molar-refractivity contribution in [3.63, 3.8) is 0 Å². The van der Waals surface area contributed by atoms with E-state index in [0.29, 0.717) is 5.76 Å². The first-order valence-electron chi connectivity index (χ1n) is 10.2. The Labute approximate surface area is 176 Å². The van der Waals surface area contributed by atoms with Crippen molar-refractivity contribution < 1.29 is 9.32 Å². The topological polar surface area (TPSA) is 70.7 Å². The lowest BCUT2D eigenvalue weighted by Crippen LogP contribution is -2.19. The zero-order valence-electron chi connectivity index (χ0n) is 17.8. The number of aryl methyl sites for hydroxylation is 2. The van der Waals surface area contributed by atoms with Crippen molar-refractivity contribution in [2.75, 3.05) is 23.8 Å². The molecule has 0 unspecified atom stereocenters. The van der Waals surface area contributed by atoms with Crippen LogP contribution in [0.3, 0.4) is 0 Å². The van der Waals surface area contributed by atoms with Crippen LogP contribution >= 0.6 is 0 Å². The number of anilines is 2. The van der Waals surface area contributed by atoms with Crippen LogP contribution in [0.15, 0.2) is 52.0 Å². The van der Waals surface area contributed by atoms with Gasteiger partial charge in [0.05, 0.1) is 29.2 Å². The van der Waals surface area contributed by atoms with E-state index in [0.717, 1.165) is 58.1 Å². The third-order valence-electron chi connectivity index (χ3n) is 5.25. The highest BCUT2D eigenvalue weighted by Gasteiger charge is 2.20. The highest BCUT2D eigenvalue weighted by atomic mass is 16.5. The average Bonchev–Trinajstić information content (AvgIpc) is 3.08. The minimum Gasteiger partial charge on any atom is -0.374 e. The lowest BCUT2D eigenvalue weighted by atomic mass is 10.0. The lowest BCUT2D eigenvalue weighted by Gasteiger charge is -2.22. The quantitative estimate of drug-likeness (QED) is 0.631. The van der Waals surface area contributed by atoms with E-state index in [1.807, 2.05) is 43.3 Å². The number of hydrogen-bond donors (Lipinski definition) is 1. The van der Waals surface area contributed by atoms with Gasteiger partial charge in [0.1, 0.15) is 0 Å². The summed E-state index contributed by atoms with van der Waals surface area (Å²) in [6.45, 7) is 7.07. The van der Waals surface area contributed by atoms with Gasteiger partial charge in [-0.3, -0.25) is 9.79 Å². The van der Waals surface area contributed by atoms with Gasteiger partial charge in [0.15, 0.2) is 5.76 Å². The summed E-state index contributed by atoms with van der Waals surface area (Å²) in [4.78, 5) is 19.7. The molecule has 1 aliphatic heterocycles. The second kappa shape index (κ2) is 8.14. The van der Waals surface area contributed by atoms with Crippen molar-refractivity contribution in [1.29, 1.82) is 0 Å². The minimum atomic E-state index is -0.0672. The van der Waals surface area contributed by atoms with Crippen LogP contribution in [0.1, 0.15) is 36.6 Å². The van der Waals surface area contributed by atoms with E-state index in [1.165, 1.54) is 0 Å². The predicted molar refractivity (Wildman–Crippen MR) is 121 cm³/mol. The molecule has 0 fully saturated rings. The predicted octanol–water partition coefficient (Wildman–Crippen LogP) is 5.27. The smallest absolute Gasteiger partial charge is 0.230 e. The second-order valence-electron chi connectivity index (χ2n) is 7.77. The lowest BCUT2D eigenvalue weighted by molar-refractivity contribution is -0.115. The molecule has 1 aliphatic rings. The molecule has 1 aromatic heterocycles. The zero-order valence-corrected chi connectivity index (χ0v) is 17.8. The molecule has 6 heteroatoms. The number of hydrogen-bond acceptors (Lipinski definition) is 5. The van der Waals surface area contributed by atoms with E-state index in [1.54, 1.807) is 0 Å². The third-order valence-corrected chi connectivity index (χ3v) is 5.25. The summed E-state index contributed by atoms with van der Waals surface area (Å²) in [5.41, 5.74) is 7.14. The monoisotopic (exact) mass is 402 g/mol. The molecule has 0 bridgehead atoms. The Balaban J connectivity index is 1.77. The molecule has 0 spiro atoms. The molecule has 0 saturated carbocycles. The Morgan fingerprint density at radius 2 is 1.93 bits per heavy atom. The molecule has 3 aromatic rings. The molecular formula is C24H26N4O2. The maximum Gasteiger partial charge on any atom is 0.230 e. The number of rotatable bonds is 5. The van der Waals surface area contributed by atoms with Crippen molar-refractivity contribution in [3.8, 4) is 11.3 Å². The number of nitrogens with zero attached hydrogens (tertiary/aromatic N) is 3. The summed E-state index contributed by atoms with van der Waals surface area (Å²) < 4.78 is 5.40. The van der Waals surface area contributed by atoms with Crippen LogP contribution in [0, 0.1) is 13.8 Å². The van der Waals surface area contributed by atoms with Gasteiger partial charge in [-0.25, -0.2) is 0 Å². The number of nitrogens with one attached hydrogen (secondary N) is 1. The van der Waals surface area contributed by atoms with Crippen LogP contribution in [0.5, 0.6) is 0 Å². The van der Waals surface area contributed by atoms with E-state index in [2.05, 4.69) is 42.3 Å². The van der Waals surface area contributed by atoms with Crippen molar-refractivity contribution in [1.82, 2.24) is 5.16 Å². The summed E-state index contributed by atoms with van der Waals surface area (Å²) in [6.07, 6.45) is 1.28. The average molecular weight is 402 g/mol. The van der Waals surface area contributed by atoms with Gasteiger partial charge in [-0.1, -0.05) is 30.3 Å². The van der Waals surface area contributed by atoms with Crippen LogP contribution in [-0.2, 0) is 4.79 Å². The molecule has 2 aromatic carbocycles. The molecule has 4 rings (SSSR count). The Bertz CT molecular complexity index is 1130. The number of aliphatic imine (C=N–C) groups is 1. The number of amides is 1. The van der Waals surface area contributed by atoms with Crippen LogP contribution in [0.4, 0.5) is 17.1 Å². The fraction of sp³-hybridized carbons (Fsp3) is 0.292. The molecule has 6 nitrogen and oxygen atoms in total. The third kappa shape index (κ3) is 3.99. The molecule has 0 atom stereocenters. The van der Waals surface area contributed by atoms with Crippen molar-refractivity contribution in [2.45, 2.75) is 33.6 Å². The minimum absolute atomic E-state index is 0.0672. The number of carbonyl (C=O) groups is 1. The number of carbonyl (C=O) groups excluding carboxylic acids is 1. The molecule has 0 saturated heterocycles. The van der Waals surface area contributed by atoms with E-state index >= 15 is 0 Å². The molecule has 30 heavy (non-hydrogen) atoms. The standard InChI is InChI=1S/C24H26N4O2/c1-5-9-28(4)22-13-21-20(10-15(22)2)26-24(29)14-19(25-21)17-7-6-8-18(12-17)23-11-16(3)27-30-23/h6-8,10-13H,5,9,14H2,1-4H3,(H,26,29). The Morgan fingerprint density at radius 3 is 2.67 bits per heavy atom. The van der Waals surface area contributed by atoms with Gasteiger partial charge >= 0.3 is 0 Å². The fourth-order valence-electron chi connectivity index (χ4n) is 3.79. The van der Waals surface area contributed by atoms with E-state index < -0.39 is 0 Å². The first kappa shape index (κ1) is 19.9. The summed E-state index contributed by atoms with van der Waals surface area (Å²) in [7, 11) is 2.08. The Hall–Kier alpha value is -3.41. The van der Waals surface area contributed by atoms with Crippen molar-refractivity contribution in [3.05, 3.63) is 59.3 Å². The second-order valence-corrected chi connectivity index (χ2v) is 7.77. The molecule has 0 aliphatic carbocycles. The molecular weight excluding hydrogens is 376 g/mol. The number of benzene rings is 2. The number of fused-ring (bicyclic) bond motifs is 1.